The summed E-state index contributed by atoms with van der Waals surface area (Å²) < 4.78 is 7.04. The Morgan fingerprint density at radius 3 is 2.80 bits per heavy atom. The van der Waals surface area contributed by atoms with Gasteiger partial charge in [-0.05, 0) is 76.9 Å². The molecule has 1 aromatic rings. The van der Waals surface area contributed by atoms with Gasteiger partial charge in [-0.3, -0.25) is 4.79 Å². The van der Waals surface area contributed by atoms with E-state index in [0.29, 0.717) is 29.9 Å². The van der Waals surface area contributed by atoms with Crippen molar-refractivity contribution in [3.8, 4) is 5.75 Å². The number of aryl methyl sites for hydroxylation is 1. The summed E-state index contributed by atoms with van der Waals surface area (Å²) in [5.41, 5.74) is 4.08. The second-order valence-electron chi connectivity index (χ2n) is 8.67. The smallest absolute Gasteiger partial charge is 0.187 e. The van der Waals surface area contributed by atoms with E-state index in [0.717, 1.165) is 22.2 Å². The molecule has 3 nitrogen and oxygen atoms in total. The maximum absolute atomic E-state index is 13.2. The number of benzene rings is 1. The molecule has 4 atom stereocenters. The molecule has 0 saturated heterocycles. The van der Waals surface area contributed by atoms with E-state index in [4.69, 9.17) is 4.74 Å². The Kier molecular flexibility index (Phi) is 3.91. The molecule has 4 rings (SSSR count). The molecule has 0 radical (unpaired) electrons. The summed E-state index contributed by atoms with van der Waals surface area (Å²) in [4.78, 5) is 17.8. The topological polar surface area (TPSA) is 38.7 Å². The van der Waals surface area contributed by atoms with Crippen molar-refractivity contribution in [1.82, 2.24) is 0 Å². The molecule has 0 aromatic heterocycles. The fourth-order valence-corrected chi connectivity index (χ4v) is 5.76. The Labute approximate surface area is 158 Å². The molecular weight excluding hydrogens is 378 g/mol. The number of fused-ring (bicyclic) bond motifs is 2. The molecule has 3 aliphatic rings. The van der Waals surface area contributed by atoms with Crippen molar-refractivity contribution < 1.29 is 9.53 Å². The van der Waals surface area contributed by atoms with Crippen LogP contribution < -0.4 is 4.74 Å². The van der Waals surface area contributed by atoms with E-state index in [9.17, 15) is 4.79 Å². The third-order valence-electron chi connectivity index (χ3n) is 6.52. The van der Waals surface area contributed by atoms with Crippen molar-refractivity contribution in [2.45, 2.75) is 66.0 Å². The van der Waals surface area contributed by atoms with Crippen LogP contribution in [-0.4, -0.2) is 17.7 Å². The van der Waals surface area contributed by atoms with E-state index in [1.54, 1.807) is 0 Å². The molecule has 0 spiro atoms. The van der Waals surface area contributed by atoms with Gasteiger partial charge in [0.1, 0.15) is 11.5 Å². The molecule has 1 fully saturated rings. The fraction of sp³-hybridized carbons (Fsp3) is 0.619. The molecule has 1 aromatic carbocycles. The van der Waals surface area contributed by atoms with Gasteiger partial charge in [-0.1, -0.05) is 26.8 Å². The molecule has 25 heavy (non-hydrogen) atoms. The van der Waals surface area contributed by atoms with Crippen molar-refractivity contribution in [2.24, 2.45) is 22.2 Å². The van der Waals surface area contributed by atoms with E-state index in [2.05, 4.69) is 54.7 Å². The van der Waals surface area contributed by atoms with Crippen LogP contribution in [0.3, 0.4) is 0 Å². The first-order valence-corrected chi connectivity index (χ1v) is 10.1. The second kappa shape index (κ2) is 5.67. The highest BCUT2D eigenvalue weighted by molar-refractivity contribution is 9.10. The van der Waals surface area contributed by atoms with E-state index in [1.165, 1.54) is 17.5 Å². The SMILES string of the molecule is Cc1cc2c3c(c1Br)O[C@@H](C)N=C3C(=O)C[C@]1(C)CC[C@H](C(C)C)[C@H]21. The van der Waals surface area contributed by atoms with Crippen LogP contribution >= 0.6 is 15.9 Å². The molecule has 0 N–H and O–H groups in total. The van der Waals surface area contributed by atoms with Crippen LogP contribution in [0.5, 0.6) is 5.75 Å². The van der Waals surface area contributed by atoms with Crippen molar-refractivity contribution in [2.75, 3.05) is 0 Å². The Bertz CT molecular complexity index is 798. The second-order valence-corrected chi connectivity index (χ2v) is 9.47. The predicted octanol–water partition coefficient (Wildman–Crippen LogP) is 5.41. The maximum Gasteiger partial charge on any atom is 0.187 e. The monoisotopic (exact) mass is 403 g/mol. The summed E-state index contributed by atoms with van der Waals surface area (Å²) in [6.45, 7) is 11.0. The third kappa shape index (κ3) is 2.43. The number of aliphatic imine (C=N–C) groups is 1. The molecule has 134 valence electrons. The number of halogens is 1. The van der Waals surface area contributed by atoms with Crippen LogP contribution in [0.15, 0.2) is 15.5 Å². The van der Waals surface area contributed by atoms with Gasteiger partial charge in [0.05, 0.1) is 10.0 Å². The maximum atomic E-state index is 13.2. The number of nitrogens with zero attached hydrogens (tertiary/aromatic N) is 1. The Hall–Kier alpha value is -1.16. The molecule has 4 heteroatoms. The number of Topliss-reactive ketones (excluding diaryl/α,β-unsaturated/α-hetero) is 1. The van der Waals surface area contributed by atoms with Crippen molar-refractivity contribution in [3.05, 3.63) is 27.2 Å². The molecule has 1 heterocycles. The lowest BCUT2D eigenvalue weighted by Crippen LogP contribution is -2.28. The minimum Gasteiger partial charge on any atom is -0.467 e. The standard InChI is InChI=1S/C21H26BrNO2/c1-10(2)13-6-7-21(5)9-15(24)19-16-14(17(13)21)8-11(3)18(22)20(16)25-12(4)23-19/h8,10,12-13,17H,6-7,9H2,1-5H3/t12-,13+,17+,21-/m0/s1. The van der Waals surface area contributed by atoms with Crippen molar-refractivity contribution >= 4 is 27.4 Å². The first kappa shape index (κ1) is 17.3. The first-order valence-electron chi connectivity index (χ1n) is 9.34. The summed E-state index contributed by atoms with van der Waals surface area (Å²) in [7, 11) is 0. The van der Waals surface area contributed by atoms with E-state index in [1.807, 2.05) is 6.92 Å². The van der Waals surface area contributed by atoms with Gasteiger partial charge >= 0.3 is 0 Å². The normalized spacial score (nSPS) is 33.5. The van der Waals surface area contributed by atoms with Gasteiger partial charge in [-0.2, -0.15) is 0 Å². The fourth-order valence-electron chi connectivity index (χ4n) is 5.35. The number of hydrogen-bond donors (Lipinski definition) is 0. The lowest BCUT2D eigenvalue weighted by molar-refractivity contribution is -0.115. The van der Waals surface area contributed by atoms with Gasteiger partial charge < -0.3 is 4.74 Å². The highest BCUT2D eigenvalue weighted by Gasteiger charge is 2.52. The van der Waals surface area contributed by atoms with Gasteiger partial charge in [-0.15, -0.1) is 0 Å². The third-order valence-corrected chi connectivity index (χ3v) is 7.50. The highest BCUT2D eigenvalue weighted by atomic mass is 79.9. The minimum absolute atomic E-state index is 0.0170. The number of hydrogen-bond acceptors (Lipinski definition) is 3. The molecular formula is C21H26BrNO2. The summed E-state index contributed by atoms with van der Waals surface area (Å²) in [5.74, 6) is 2.59. The average molecular weight is 404 g/mol. The number of ketones is 1. The van der Waals surface area contributed by atoms with Crippen LogP contribution in [-0.2, 0) is 4.79 Å². The van der Waals surface area contributed by atoms with Crippen LogP contribution in [0.4, 0.5) is 0 Å². The molecule has 0 amide bonds. The summed E-state index contributed by atoms with van der Waals surface area (Å²) in [6.07, 6.45) is 2.58. The number of carbonyl (C=O) groups is 1. The zero-order chi connectivity index (χ0) is 18.1. The van der Waals surface area contributed by atoms with Crippen molar-refractivity contribution in [3.63, 3.8) is 0 Å². The van der Waals surface area contributed by atoms with E-state index < -0.39 is 0 Å². The molecule has 2 aliphatic carbocycles. The molecule has 1 aliphatic heterocycles. The number of carbonyl (C=O) groups excluding carboxylic acids is 1. The van der Waals surface area contributed by atoms with Gasteiger partial charge in [0.15, 0.2) is 12.0 Å². The summed E-state index contributed by atoms with van der Waals surface area (Å²) >= 11 is 3.69. The van der Waals surface area contributed by atoms with E-state index >= 15 is 0 Å². The molecule has 1 saturated carbocycles. The first-order chi connectivity index (χ1) is 11.7. The lowest BCUT2D eigenvalue weighted by Gasteiger charge is -2.35. The van der Waals surface area contributed by atoms with Gasteiger partial charge in [0.25, 0.3) is 0 Å². The van der Waals surface area contributed by atoms with Gasteiger partial charge in [-0.25, -0.2) is 4.99 Å². The number of rotatable bonds is 1. The quantitative estimate of drug-likeness (QED) is 0.628. The Morgan fingerprint density at radius 1 is 1.40 bits per heavy atom. The Morgan fingerprint density at radius 2 is 2.12 bits per heavy atom. The van der Waals surface area contributed by atoms with Crippen molar-refractivity contribution in [1.29, 1.82) is 0 Å². The van der Waals surface area contributed by atoms with Crippen LogP contribution in [0.2, 0.25) is 0 Å². The predicted molar refractivity (Wildman–Crippen MR) is 104 cm³/mol. The Balaban J connectivity index is 2.04. The average Bonchev–Trinajstić information content (AvgIpc) is 2.83. The zero-order valence-corrected chi connectivity index (χ0v) is 17.2. The number of ether oxygens (including phenoxy) is 1. The zero-order valence-electron chi connectivity index (χ0n) is 15.6. The highest BCUT2D eigenvalue weighted by Crippen LogP contribution is 2.60. The van der Waals surface area contributed by atoms with Crippen LogP contribution in [0.25, 0.3) is 0 Å². The van der Waals surface area contributed by atoms with Crippen LogP contribution in [0.1, 0.15) is 69.6 Å². The summed E-state index contributed by atoms with van der Waals surface area (Å²) in [5, 5.41) is 0. The van der Waals surface area contributed by atoms with Crippen LogP contribution in [0, 0.1) is 24.2 Å². The van der Waals surface area contributed by atoms with Gasteiger partial charge in [0.2, 0.25) is 0 Å². The molecule has 0 unspecified atom stereocenters. The van der Waals surface area contributed by atoms with E-state index in [-0.39, 0.29) is 17.4 Å². The van der Waals surface area contributed by atoms with Gasteiger partial charge in [0, 0.05) is 6.42 Å². The summed E-state index contributed by atoms with van der Waals surface area (Å²) in [6, 6.07) is 2.28. The minimum atomic E-state index is -0.316. The largest absolute Gasteiger partial charge is 0.467 e. The lowest BCUT2D eigenvalue weighted by atomic mass is 9.69. The molecule has 0 bridgehead atoms.